The largest absolute Gasteiger partial charge is 0.399 e. The summed E-state index contributed by atoms with van der Waals surface area (Å²) in [6, 6.07) is 5.77. The quantitative estimate of drug-likeness (QED) is 0.801. The Bertz CT molecular complexity index is 476. The van der Waals surface area contributed by atoms with Gasteiger partial charge in [-0.2, -0.15) is 11.8 Å². The number of benzene rings is 1. The Morgan fingerprint density at radius 2 is 2.25 bits per heavy atom. The maximum absolute atomic E-state index is 5.72. The maximum atomic E-state index is 5.72. The number of thioether (sulfide) groups is 1. The molecule has 0 unspecified atom stereocenters. The van der Waals surface area contributed by atoms with Gasteiger partial charge in [-0.3, -0.25) is 0 Å². The molecule has 0 aliphatic carbocycles. The molecule has 2 aromatic rings. The van der Waals surface area contributed by atoms with Crippen molar-refractivity contribution < 1.29 is 0 Å². The first-order chi connectivity index (χ1) is 7.65. The van der Waals surface area contributed by atoms with Crippen LogP contribution in [-0.2, 0) is 5.75 Å². The number of nitrogen functional groups attached to an aromatic ring is 1. The minimum atomic E-state index is 0.727. The van der Waals surface area contributed by atoms with Crippen molar-refractivity contribution in [3.63, 3.8) is 0 Å². The zero-order chi connectivity index (χ0) is 11.5. The summed E-state index contributed by atoms with van der Waals surface area (Å²) in [5, 5.41) is 0. The summed E-state index contributed by atoms with van der Waals surface area (Å²) in [5.74, 6) is 3.86. The van der Waals surface area contributed by atoms with Gasteiger partial charge >= 0.3 is 0 Å². The minimum Gasteiger partial charge on any atom is -0.399 e. The highest BCUT2D eigenvalue weighted by atomic mass is 32.2. The average molecular weight is 235 g/mol. The van der Waals surface area contributed by atoms with Crippen molar-refractivity contribution in [3.8, 4) is 0 Å². The topological polar surface area (TPSA) is 54.7 Å². The predicted octanol–water partition coefficient (Wildman–Crippen LogP) is 3.03. The molecule has 1 aromatic carbocycles. The first-order valence-corrected chi connectivity index (χ1v) is 6.62. The molecule has 0 atom stereocenters. The summed E-state index contributed by atoms with van der Waals surface area (Å²) >= 11 is 1.91. The Morgan fingerprint density at radius 3 is 3.00 bits per heavy atom. The maximum Gasteiger partial charge on any atom is 0.117 e. The van der Waals surface area contributed by atoms with Crippen molar-refractivity contribution in [2.24, 2.45) is 5.92 Å². The van der Waals surface area contributed by atoms with E-state index in [0.29, 0.717) is 0 Å². The Balaban J connectivity index is 2.08. The van der Waals surface area contributed by atoms with Gasteiger partial charge in [0.25, 0.3) is 0 Å². The fraction of sp³-hybridized carbons (Fsp3) is 0.417. The van der Waals surface area contributed by atoms with E-state index in [9.17, 15) is 0 Å². The number of hydrogen-bond acceptors (Lipinski definition) is 3. The molecule has 0 spiro atoms. The van der Waals surface area contributed by atoms with Gasteiger partial charge in [-0.15, -0.1) is 0 Å². The molecule has 0 bridgehead atoms. The standard InChI is InChI=1S/C12H17N3S/c1-8(2)6-16-7-12-14-10-4-3-9(13)5-11(10)15-12/h3-5,8H,6-7,13H2,1-2H3,(H,14,15). The smallest absolute Gasteiger partial charge is 0.117 e. The Hall–Kier alpha value is -1.16. The van der Waals surface area contributed by atoms with Crippen LogP contribution in [0.4, 0.5) is 5.69 Å². The van der Waals surface area contributed by atoms with Gasteiger partial charge in [0.15, 0.2) is 0 Å². The molecule has 2 rings (SSSR count). The van der Waals surface area contributed by atoms with E-state index in [1.54, 1.807) is 0 Å². The lowest BCUT2D eigenvalue weighted by molar-refractivity contribution is 0.750. The summed E-state index contributed by atoms with van der Waals surface area (Å²) in [6.45, 7) is 4.46. The van der Waals surface area contributed by atoms with Gasteiger partial charge in [0, 0.05) is 5.69 Å². The van der Waals surface area contributed by atoms with Crippen molar-refractivity contribution >= 4 is 28.5 Å². The molecule has 3 N–H and O–H groups in total. The summed E-state index contributed by atoms with van der Waals surface area (Å²) in [5.41, 5.74) is 8.52. The molecule has 0 aliphatic heterocycles. The second-order valence-electron chi connectivity index (χ2n) is 4.37. The van der Waals surface area contributed by atoms with Gasteiger partial charge in [0.05, 0.1) is 16.8 Å². The lowest BCUT2D eigenvalue weighted by Gasteiger charge is -2.01. The van der Waals surface area contributed by atoms with Crippen molar-refractivity contribution in [2.75, 3.05) is 11.5 Å². The van der Waals surface area contributed by atoms with Gasteiger partial charge in [0.2, 0.25) is 0 Å². The Morgan fingerprint density at radius 1 is 1.44 bits per heavy atom. The number of hydrogen-bond donors (Lipinski definition) is 2. The lowest BCUT2D eigenvalue weighted by atomic mass is 10.3. The molecule has 1 aromatic heterocycles. The van der Waals surface area contributed by atoms with Crippen LogP contribution in [0.3, 0.4) is 0 Å². The fourth-order valence-corrected chi connectivity index (χ4v) is 2.46. The average Bonchev–Trinajstić information content (AvgIpc) is 2.58. The second-order valence-corrected chi connectivity index (χ2v) is 5.40. The van der Waals surface area contributed by atoms with E-state index in [1.807, 2.05) is 30.0 Å². The van der Waals surface area contributed by atoms with Crippen molar-refractivity contribution in [3.05, 3.63) is 24.0 Å². The Kier molecular flexibility index (Phi) is 3.39. The number of fused-ring (bicyclic) bond motifs is 1. The van der Waals surface area contributed by atoms with E-state index in [1.165, 1.54) is 5.75 Å². The molecule has 0 saturated carbocycles. The van der Waals surface area contributed by atoms with Crippen molar-refractivity contribution in [2.45, 2.75) is 19.6 Å². The fourth-order valence-electron chi connectivity index (χ4n) is 1.54. The van der Waals surface area contributed by atoms with Gasteiger partial charge in [0.1, 0.15) is 5.82 Å². The zero-order valence-electron chi connectivity index (χ0n) is 9.66. The normalized spacial score (nSPS) is 11.4. The number of nitrogens with one attached hydrogen (secondary N) is 1. The van der Waals surface area contributed by atoms with Crippen molar-refractivity contribution in [1.29, 1.82) is 0 Å². The van der Waals surface area contributed by atoms with Crippen LogP contribution in [0.15, 0.2) is 18.2 Å². The summed E-state index contributed by atoms with van der Waals surface area (Å²) in [4.78, 5) is 7.82. The van der Waals surface area contributed by atoms with Gasteiger partial charge in [-0.25, -0.2) is 4.98 Å². The third kappa shape index (κ3) is 2.70. The van der Waals surface area contributed by atoms with E-state index >= 15 is 0 Å². The number of imidazole rings is 1. The van der Waals surface area contributed by atoms with Crippen LogP contribution in [0.1, 0.15) is 19.7 Å². The predicted molar refractivity (Wildman–Crippen MR) is 71.5 cm³/mol. The number of rotatable bonds is 4. The van der Waals surface area contributed by atoms with E-state index in [-0.39, 0.29) is 0 Å². The van der Waals surface area contributed by atoms with Gasteiger partial charge in [-0.1, -0.05) is 13.8 Å². The van der Waals surface area contributed by atoms with Crippen LogP contribution < -0.4 is 5.73 Å². The molecule has 1 heterocycles. The molecule has 0 fully saturated rings. The molecule has 86 valence electrons. The SMILES string of the molecule is CC(C)CSCc1nc2ccc(N)cc2[nH]1. The van der Waals surface area contributed by atoms with E-state index in [4.69, 9.17) is 5.73 Å². The molecule has 3 nitrogen and oxygen atoms in total. The molecule has 0 aliphatic rings. The number of aromatic nitrogens is 2. The van der Waals surface area contributed by atoms with E-state index in [0.717, 1.165) is 34.2 Å². The third-order valence-corrected chi connectivity index (χ3v) is 3.62. The first kappa shape index (κ1) is 11.3. The summed E-state index contributed by atoms with van der Waals surface area (Å²) in [6.07, 6.45) is 0. The number of anilines is 1. The Labute approximate surface area is 99.8 Å². The third-order valence-electron chi connectivity index (χ3n) is 2.24. The highest BCUT2D eigenvalue weighted by Gasteiger charge is 2.03. The molecule has 0 amide bonds. The molecule has 0 saturated heterocycles. The number of aromatic amines is 1. The highest BCUT2D eigenvalue weighted by Crippen LogP contribution is 2.18. The number of H-pyrrole nitrogens is 1. The molecular formula is C12H17N3S. The first-order valence-electron chi connectivity index (χ1n) is 5.47. The molecule has 16 heavy (non-hydrogen) atoms. The van der Waals surface area contributed by atoms with Crippen molar-refractivity contribution in [1.82, 2.24) is 9.97 Å². The zero-order valence-corrected chi connectivity index (χ0v) is 10.5. The van der Waals surface area contributed by atoms with Crippen LogP contribution in [0.25, 0.3) is 11.0 Å². The molecule has 4 heteroatoms. The minimum absolute atomic E-state index is 0.727. The van der Waals surface area contributed by atoms with E-state index in [2.05, 4.69) is 23.8 Å². The second kappa shape index (κ2) is 4.78. The van der Waals surface area contributed by atoms with Gasteiger partial charge in [-0.05, 0) is 29.9 Å². The summed E-state index contributed by atoms with van der Waals surface area (Å²) < 4.78 is 0. The number of nitrogens with two attached hydrogens (primary N) is 1. The van der Waals surface area contributed by atoms with Crippen LogP contribution >= 0.6 is 11.8 Å². The molecule has 0 radical (unpaired) electrons. The number of nitrogens with zero attached hydrogens (tertiary/aromatic N) is 1. The monoisotopic (exact) mass is 235 g/mol. The van der Waals surface area contributed by atoms with Crippen LogP contribution in [-0.4, -0.2) is 15.7 Å². The van der Waals surface area contributed by atoms with E-state index < -0.39 is 0 Å². The lowest BCUT2D eigenvalue weighted by Crippen LogP contribution is -1.92. The highest BCUT2D eigenvalue weighted by molar-refractivity contribution is 7.98. The summed E-state index contributed by atoms with van der Waals surface area (Å²) in [7, 11) is 0. The molecular weight excluding hydrogens is 218 g/mol. The van der Waals surface area contributed by atoms with Crippen LogP contribution in [0.5, 0.6) is 0 Å². The van der Waals surface area contributed by atoms with Crippen LogP contribution in [0.2, 0.25) is 0 Å². The van der Waals surface area contributed by atoms with Crippen LogP contribution in [0, 0.1) is 5.92 Å². The van der Waals surface area contributed by atoms with Gasteiger partial charge < -0.3 is 10.7 Å².